The highest BCUT2D eigenvalue weighted by atomic mass is 35.5. The van der Waals surface area contributed by atoms with Crippen molar-refractivity contribution in [3.63, 3.8) is 0 Å². The molecule has 25 heavy (non-hydrogen) atoms. The van der Waals surface area contributed by atoms with Gasteiger partial charge < -0.3 is 9.64 Å². The molecule has 136 valence electrons. The minimum atomic E-state index is -0.144. The second kappa shape index (κ2) is 9.15. The van der Waals surface area contributed by atoms with Crippen molar-refractivity contribution in [2.75, 3.05) is 20.2 Å². The van der Waals surface area contributed by atoms with Crippen LogP contribution < -0.4 is 4.74 Å². The summed E-state index contributed by atoms with van der Waals surface area (Å²) in [6.07, 6.45) is 3.39. The summed E-state index contributed by atoms with van der Waals surface area (Å²) in [6, 6.07) is 5.70. The summed E-state index contributed by atoms with van der Waals surface area (Å²) < 4.78 is 6.76. The largest absolute Gasteiger partial charge is 0.496 e. The predicted octanol–water partition coefficient (Wildman–Crippen LogP) is 5.09. The molecular formula is C18H24ClN3O2S. The van der Waals surface area contributed by atoms with E-state index in [0.717, 1.165) is 29.1 Å². The summed E-state index contributed by atoms with van der Waals surface area (Å²) in [7, 11) is 1.63. The topological polar surface area (TPSA) is 47.4 Å². The third kappa shape index (κ3) is 4.70. The van der Waals surface area contributed by atoms with Gasteiger partial charge in [-0.1, -0.05) is 49.3 Å². The highest BCUT2D eigenvalue weighted by molar-refractivity contribution is 7.99. The molecule has 0 fully saturated rings. The van der Waals surface area contributed by atoms with E-state index in [1.54, 1.807) is 18.2 Å². The molecular weight excluding hydrogens is 358 g/mol. The molecule has 1 amide bonds. The molecule has 0 saturated heterocycles. The van der Waals surface area contributed by atoms with Gasteiger partial charge in [0.15, 0.2) is 0 Å². The molecule has 0 radical (unpaired) electrons. The van der Waals surface area contributed by atoms with Gasteiger partial charge >= 0.3 is 6.03 Å². The summed E-state index contributed by atoms with van der Waals surface area (Å²) in [5.74, 6) is 0.764. The summed E-state index contributed by atoms with van der Waals surface area (Å²) in [6.45, 7) is 7.52. The van der Waals surface area contributed by atoms with Crippen LogP contribution in [0.15, 0.2) is 34.3 Å². The number of halogens is 1. The van der Waals surface area contributed by atoms with Crippen LogP contribution in [0.1, 0.15) is 32.3 Å². The second-order valence-corrected chi connectivity index (χ2v) is 7.11. The Morgan fingerprint density at radius 1 is 1.32 bits per heavy atom. The average Bonchev–Trinajstić information content (AvgIpc) is 2.96. The summed E-state index contributed by atoms with van der Waals surface area (Å²) in [5, 5.41) is 5.46. The molecule has 1 aromatic carbocycles. The standard InChI is InChI=1S/C18H24ClN3O2S/c1-5-10-21(11-6-2)18(23)22-12-14(19)17(20-22)25-16-13(3)8-7-9-15(16)24-4/h7-9,12H,5-6,10-11H2,1-4H3. The smallest absolute Gasteiger partial charge is 0.344 e. The number of amides is 1. The Hall–Kier alpha value is -1.66. The van der Waals surface area contributed by atoms with Crippen molar-refractivity contribution in [1.82, 2.24) is 14.7 Å². The third-order valence-electron chi connectivity index (χ3n) is 3.69. The van der Waals surface area contributed by atoms with E-state index in [4.69, 9.17) is 16.3 Å². The van der Waals surface area contributed by atoms with Gasteiger partial charge in [-0.2, -0.15) is 9.78 Å². The lowest BCUT2D eigenvalue weighted by atomic mass is 10.2. The normalized spacial score (nSPS) is 10.8. The number of rotatable bonds is 7. The minimum Gasteiger partial charge on any atom is -0.496 e. The zero-order chi connectivity index (χ0) is 18.4. The molecule has 2 aromatic rings. The lowest BCUT2D eigenvalue weighted by molar-refractivity contribution is 0.196. The first kappa shape index (κ1) is 19.7. The van der Waals surface area contributed by atoms with Crippen LogP contribution in [0.3, 0.4) is 0 Å². The first-order chi connectivity index (χ1) is 12.0. The van der Waals surface area contributed by atoms with E-state index in [2.05, 4.69) is 18.9 Å². The number of aromatic nitrogens is 2. The van der Waals surface area contributed by atoms with E-state index >= 15 is 0 Å². The van der Waals surface area contributed by atoms with Crippen molar-refractivity contribution in [1.29, 1.82) is 0 Å². The lowest BCUT2D eigenvalue weighted by Gasteiger charge is -2.20. The summed E-state index contributed by atoms with van der Waals surface area (Å²) >= 11 is 7.74. The Balaban J connectivity index is 2.27. The number of ether oxygens (including phenoxy) is 1. The number of hydrogen-bond donors (Lipinski definition) is 0. The van der Waals surface area contributed by atoms with Crippen molar-refractivity contribution in [2.45, 2.75) is 43.5 Å². The van der Waals surface area contributed by atoms with E-state index in [1.165, 1.54) is 16.4 Å². The molecule has 0 unspecified atom stereocenters. The third-order valence-corrected chi connectivity index (χ3v) is 5.30. The predicted molar refractivity (Wildman–Crippen MR) is 102 cm³/mol. The first-order valence-corrected chi connectivity index (χ1v) is 9.57. The molecule has 0 aliphatic rings. The van der Waals surface area contributed by atoms with Gasteiger partial charge in [-0.05, 0) is 31.4 Å². The number of benzene rings is 1. The van der Waals surface area contributed by atoms with E-state index in [-0.39, 0.29) is 6.03 Å². The van der Waals surface area contributed by atoms with Gasteiger partial charge in [-0.25, -0.2) is 4.79 Å². The summed E-state index contributed by atoms with van der Waals surface area (Å²) in [5.41, 5.74) is 1.07. The molecule has 0 saturated carbocycles. The average molecular weight is 382 g/mol. The van der Waals surface area contributed by atoms with Gasteiger partial charge in [0.2, 0.25) is 0 Å². The molecule has 0 N–H and O–H groups in total. The highest BCUT2D eigenvalue weighted by Crippen LogP contribution is 2.39. The Morgan fingerprint density at radius 3 is 2.60 bits per heavy atom. The molecule has 7 heteroatoms. The van der Waals surface area contributed by atoms with Crippen LogP contribution in [-0.4, -0.2) is 40.9 Å². The Bertz CT molecular complexity index is 727. The van der Waals surface area contributed by atoms with Crippen LogP contribution in [0.5, 0.6) is 5.75 Å². The van der Waals surface area contributed by atoms with Gasteiger partial charge in [0, 0.05) is 13.1 Å². The minimum absolute atomic E-state index is 0.144. The molecule has 5 nitrogen and oxygen atoms in total. The number of nitrogens with zero attached hydrogens (tertiary/aromatic N) is 3. The summed E-state index contributed by atoms with van der Waals surface area (Å²) in [4.78, 5) is 15.4. The van der Waals surface area contributed by atoms with Crippen LogP contribution in [-0.2, 0) is 0 Å². The maximum atomic E-state index is 12.7. The maximum absolute atomic E-state index is 12.7. The fourth-order valence-corrected chi connectivity index (χ4v) is 3.71. The first-order valence-electron chi connectivity index (χ1n) is 8.37. The lowest BCUT2D eigenvalue weighted by Crippen LogP contribution is -2.36. The Labute approximate surface area is 158 Å². The Morgan fingerprint density at radius 2 is 2.00 bits per heavy atom. The Kier molecular flexibility index (Phi) is 7.20. The van der Waals surface area contributed by atoms with Crippen LogP contribution in [0.25, 0.3) is 0 Å². The number of carbonyl (C=O) groups excluding carboxylic acids is 1. The highest BCUT2D eigenvalue weighted by Gasteiger charge is 2.19. The maximum Gasteiger partial charge on any atom is 0.344 e. The quantitative estimate of drug-likeness (QED) is 0.669. The number of aryl methyl sites for hydroxylation is 1. The van der Waals surface area contributed by atoms with Crippen molar-refractivity contribution >= 4 is 29.4 Å². The second-order valence-electron chi connectivity index (χ2n) is 5.70. The van der Waals surface area contributed by atoms with Crippen molar-refractivity contribution in [3.8, 4) is 5.75 Å². The molecule has 0 bridgehead atoms. The van der Waals surface area contributed by atoms with Gasteiger partial charge in [0.25, 0.3) is 0 Å². The number of hydrogen-bond acceptors (Lipinski definition) is 4. The zero-order valence-corrected chi connectivity index (χ0v) is 16.7. The van der Waals surface area contributed by atoms with Gasteiger partial charge in [0.1, 0.15) is 10.8 Å². The van der Waals surface area contributed by atoms with Crippen LogP contribution in [0, 0.1) is 6.92 Å². The van der Waals surface area contributed by atoms with Crippen molar-refractivity contribution in [2.24, 2.45) is 0 Å². The number of methoxy groups -OCH3 is 1. The van der Waals surface area contributed by atoms with Gasteiger partial charge in [-0.15, -0.1) is 0 Å². The van der Waals surface area contributed by atoms with Gasteiger partial charge in [-0.3, -0.25) is 0 Å². The molecule has 2 rings (SSSR count). The van der Waals surface area contributed by atoms with E-state index in [0.29, 0.717) is 23.1 Å². The van der Waals surface area contributed by atoms with E-state index in [1.807, 2.05) is 25.1 Å². The van der Waals surface area contributed by atoms with Crippen LogP contribution >= 0.6 is 23.4 Å². The van der Waals surface area contributed by atoms with Crippen molar-refractivity contribution < 1.29 is 9.53 Å². The molecule has 1 aromatic heterocycles. The van der Waals surface area contributed by atoms with Crippen molar-refractivity contribution in [3.05, 3.63) is 35.0 Å². The van der Waals surface area contributed by atoms with Gasteiger partial charge in [0.05, 0.1) is 23.2 Å². The monoisotopic (exact) mass is 381 g/mol. The van der Waals surface area contributed by atoms with E-state index in [9.17, 15) is 4.79 Å². The zero-order valence-electron chi connectivity index (χ0n) is 15.1. The number of carbonyl (C=O) groups is 1. The molecule has 1 heterocycles. The fourth-order valence-electron chi connectivity index (χ4n) is 2.51. The van der Waals surface area contributed by atoms with Crippen LogP contribution in [0.4, 0.5) is 4.79 Å². The molecule has 0 aliphatic heterocycles. The molecule has 0 spiro atoms. The fraction of sp³-hybridized carbons (Fsp3) is 0.444. The molecule has 0 atom stereocenters. The SMILES string of the molecule is CCCN(CCC)C(=O)n1cc(Cl)c(Sc2c(C)cccc2OC)n1. The van der Waals surface area contributed by atoms with E-state index < -0.39 is 0 Å². The van der Waals surface area contributed by atoms with Crippen LogP contribution in [0.2, 0.25) is 5.02 Å². The molecule has 0 aliphatic carbocycles.